The van der Waals surface area contributed by atoms with E-state index < -0.39 is 0 Å². The molecule has 3 aromatic rings. The average molecular weight is 361 g/mol. The quantitative estimate of drug-likeness (QED) is 0.549. The number of carbonyl (C=O) groups excluding carboxylic acids is 1. The Balaban J connectivity index is 1.39. The smallest absolute Gasteiger partial charge is 0.220 e. The summed E-state index contributed by atoms with van der Waals surface area (Å²) in [7, 11) is 0. The number of nitrogens with one attached hydrogen (secondary N) is 1. The number of carbonyl (C=O) groups is 1. The summed E-state index contributed by atoms with van der Waals surface area (Å²) in [4.78, 5) is 12.1. The van der Waals surface area contributed by atoms with E-state index in [0.717, 1.165) is 25.0 Å². The fourth-order valence-corrected chi connectivity index (χ4v) is 3.25. The van der Waals surface area contributed by atoms with E-state index in [2.05, 4.69) is 54.7 Å². The molecule has 0 bridgehead atoms. The molecule has 0 aromatic heterocycles. The number of benzene rings is 3. The Morgan fingerprint density at radius 2 is 1.70 bits per heavy atom. The molecule has 1 amide bonds. The molecule has 3 aromatic carbocycles. The standard InChI is InChI=1S/C24H27NO2/c1-2-6-19-11-14-22(15-12-19)27-18-17-25-24(26)16-13-21-9-5-8-20-7-3-4-10-23(20)21/h3-5,7-12,14-15H,2,6,13,16-18H2,1H3,(H,25,26). The molecule has 0 unspecified atom stereocenters. The van der Waals surface area contributed by atoms with E-state index in [1.165, 1.54) is 21.9 Å². The Labute approximate surface area is 161 Å². The van der Waals surface area contributed by atoms with Crippen LogP contribution in [0.2, 0.25) is 0 Å². The van der Waals surface area contributed by atoms with Crippen LogP contribution in [0.15, 0.2) is 66.7 Å². The third-order valence-electron chi connectivity index (χ3n) is 4.66. The molecule has 27 heavy (non-hydrogen) atoms. The second-order valence-electron chi connectivity index (χ2n) is 6.73. The predicted molar refractivity (Wildman–Crippen MR) is 111 cm³/mol. The Hall–Kier alpha value is -2.81. The van der Waals surface area contributed by atoms with Crippen LogP contribution in [0.3, 0.4) is 0 Å². The second-order valence-corrected chi connectivity index (χ2v) is 6.73. The molecule has 140 valence electrons. The van der Waals surface area contributed by atoms with Gasteiger partial charge in [-0.2, -0.15) is 0 Å². The maximum absolute atomic E-state index is 12.1. The van der Waals surface area contributed by atoms with Crippen molar-refractivity contribution in [2.45, 2.75) is 32.6 Å². The van der Waals surface area contributed by atoms with Crippen molar-refractivity contribution >= 4 is 16.7 Å². The lowest BCUT2D eigenvalue weighted by Gasteiger charge is -2.09. The van der Waals surface area contributed by atoms with Crippen molar-refractivity contribution in [3.8, 4) is 5.75 Å². The van der Waals surface area contributed by atoms with Gasteiger partial charge in [0, 0.05) is 6.42 Å². The van der Waals surface area contributed by atoms with E-state index in [-0.39, 0.29) is 5.91 Å². The van der Waals surface area contributed by atoms with Gasteiger partial charge in [-0.15, -0.1) is 0 Å². The topological polar surface area (TPSA) is 38.3 Å². The molecular formula is C24H27NO2. The highest BCUT2D eigenvalue weighted by molar-refractivity contribution is 5.86. The zero-order valence-corrected chi connectivity index (χ0v) is 15.9. The normalized spacial score (nSPS) is 10.7. The van der Waals surface area contributed by atoms with Crippen molar-refractivity contribution in [3.63, 3.8) is 0 Å². The van der Waals surface area contributed by atoms with E-state index in [1.54, 1.807) is 0 Å². The lowest BCUT2D eigenvalue weighted by atomic mass is 10.0. The maximum Gasteiger partial charge on any atom is 0.220 e. The van der Waals surface area contributed by atoms with Crippen LogP contribution in [0, 0.1) is 0 Å². The van der Waals surface area contributed by atoms with Crippen molar-refractivity contribution in [1.82, 2.24) is 5.32 Å². The summed E-state index contributed by atoms with van der Waals surface area (Å²) in [6.07, 6.45) is 3.46. The van der Waals surface area contributed by atoms with Gasteiger partial charge in [0.05, 0.1) is 6.54 Å². The average Bonchev–Trinajstić information content (AvgIpc) is 2.71. The van der Waals surface area contributed by atoms with Gasteiger partial charge >= 0.3 is 0 Å². The molecule has 0 fully saturated rings. The van der Waals surface area contributed by atoms with Gasteiger partial charge in [0.1, 0.15) is 12.4 Å². The molecule has 1 N–H and O–H groups in total. The summed E-state index contributed by atoms with van der Waals surface area (Å²) in [5.41, 5.74) is 2.54. The molecule has 0 heterocycles. The van der Waals surface area contributed by atoms with Crippen LogP contribution in [0.5, 0.6) is 5.75 Å². The summed E-state index contributed by atoms with van der Waals surface area (Å²) >= 11 is 0. The molecule has 0 aliphatic rings. The Morgan fingerprint density at radius 3 is 2.52 bits per heavy atom. The van der Waals surface area contributed by atoms with Gasteiger partial charge in [-0.1, -0.05) is 67.9 Å². The highest BCUT2D eigenvalue weighted by atomic mass is 16.5. The molecule has 0 radical (unpaired) electrons. The van der Waals surface area contributed by atoms with Crippen LogP contribution in [-0.4, -0.2) is 19.1 Å². The number of ether oxygens (including phenoxy) is 1. The molecular weight excluding hydrogens is 334 g/mol. The third-order valence-corrected chi connectivity index (χ3v) is 4.66. The lowest BCUT2D eigenvalue weighted by Crippen LogP contribution is -2.28. The molecule has 0 saturated carbocycles. The van der Waals surface area contributed by atoms with Crippen molar-refractivity contribution in [3.05, 3.63) is 77.9 Å². The lowest BCUT2D eigenvalue weighted by molar-refractivity contribution is -0.121. The number of rotatable bonds is 9. The highest BCUT2D eigenvalue weighted by Crippen LogP contribution is 2.19. The molecule has 0 saturated heterocycles. The van der Waals surface area contributed by atoms with Crippen molar-refractivity contribution in [1.29, 1.82) is 0 Å². The largest absolute Gasteiger partial charge is 0.492 e. The zero-order chi connectivity index (χ0) is 18.9. The van der Waals surface area contributed by atoms with Gasteiger partial charge in [-0.3, -0.25) is 4.79 Å². The SMILES string of the molecule is CCCc1ccc(OCCNC(=O)CCc2cccc3ccccc23)cc1. The Kier molecular flexibility index (Phi) is 6.86. The molecule has 0 aliphatic carbocycles. The number of hydrogen-bond acceptors (Lipinski definition) is 2. The summed E-state index contributed by atoms with van der Waals surface area (Å²) in [6.45, 7) is 3.17. The third kappa shape index (κ3) is 5.58. The summed E-state index contributed by atoms with van der Waals surface area (Å²) in [5, 5.41) is 5.38. The Morgan fingerprint density at radius 1 is 0.926 bits per heavy atom. The van der Waals surface area contributed by atoms with E-state index in [0.29, 0.717) is 19.6 Å². The van der Waals surface area contributed by atoms with Gasteiger partial charge in [0.2, 0.25) is 5.91 Å². The first-order valence-electron chi connectivity index (χ1n) is 9.71. The van der Waals surface area contributed by atoms with Gasteiger partial charge in [0.25, 0.3) is 0 Å². The van der Waals surface area contributed by atoms with Crippen LogP contribution >= 0.6 is 0 Å². The number of amides is 1. The van der Waals surface area contributed by atoms with E-state index in [4.69, 9.17) is 4.74 Å². The minimum absolute atomic E-state index is 0.0600. The van der Waals surface area contributed by atoms with Crippen LogP contribution in [0.1, 0.15) is 30.9 Å². The molecule has 3 heteroatoms. The minimum atomic E-state index is 0.0600. The van der Waals surface area contributed by atoms with Crippen LogP contribution in [-0.2, 0) is 17.6 Å². The number of fused-ring (bicyclic) bond motifs is 1. The van der Waals surface area contributed by atoms with Gasteiger partial charge in [-0.05, 0) is 46.9 Å². The molecule has 3 nitrogen and oxygen atoms in total. The van der Waals surface area contributed by atoms with Gasteiger partial charge in [0.15, 0.2) is 0 Å². The van der Waals surface area contributed by atoms with Crippen LogP contribution in [0.25, 0.3) is 10.8 Å². The highest BCUT2D eigenvalue weighted by Gasteiger charge is 2.05. The van der Waals surface area contributed by atoms with Gasteiger partial charge < -0.3 is 10.1 Å². The summed E-state index contributed by atoms with van der Waals surface area (Å²) < 4.78 is 5.70. The molecule has 0 spiro atoms. The number of aryl methyl sites for hydroxylation is 2. The van der Waals surface area contributed by atoms with E-state index in [1.807, 2.05) is 24.3 Å². The Bertz CT molecular complexity index is 866. The first-order chi connectivity index (χ1) is 13.3. The van der Waals surface area contributed by atoms with Crippen LogP contribution < -0.4 is 10.1 Å². The van der Waals surface area contributed by atoms with Crippen LogP contribution in [0.4, 0.5) is 0 Å². The number of hydrogen-bond donors (Lipinski definition) is 1. The van der Waals surface area contributed by atoms with Crippen molar-refractivity contribution in [2.75, 3.05) is 13.2 Å². The van der Waals surface area contributed by atoms with E-state index in [9.17, 15) is 4.79 Å². The summed E-state index contributed by atoms with van der Waals surface area (Å²) in [6, 6.07) is 22.7. The first kappa shape index (κ1) is 19.0. The van der Waals surface area contributed by atoms with Crippen molar-refractivity contribution in [2.24, 2.45) is 0 Å². The fourth-order valence-electron chi connectivity index (χ4n) is 3.25. The van der Waals surface area contributed by atoms with Crippen molar-refractivity contribution < 1.29 is 9.53 Å². The molecule has 0 aliphatic heterocycles. The maximum atomic E-state index is 12.1. The predicted octanol–water partition coefficient (Wildman–Crippen LogP) is 4.92. The summed E-state index contributed by atoms with van der Waals surface area (Å²) in [5.74, 6) is 0.907. The molecule has 0 atom stereocenters. The minimum Gasteiger partial charge on any atom is -0.492 e. The van der Waals surface area contributed by atoms with E-state index >= 15 is 0 Å². The second kappa shape index (κ2) is 9.77. The van der Waals surface area contributed by atoms with Gasteiger partial charge in [-0.25, -0.2) is 0 Å². The monoisotopic (exact) mass is 361 g/mol. The first-order valence-corrected chi connectivity index (χ1v) is 9.71. The fraction of sp³-hybridized carbons (Fsp3) is 0.292. The zero-order valence-electron chi connectivity index (χ0n) is 15.9. The molecule has 3 rings (SSSR count).